The Morgan fingerprint density at radius 2 is 1.81 bits per heavy atom. The standard InChI is InChI=1S/C19H16ClN3O3/c1-22-17(25)12-6-2-5-9-15(12)23-16(24)10-11-19(22,23)18(26)21-14-8-4-3-7-13(14)20/h2-9H,10-11H2,1H3,(H,21,26). The van der Waals surface area contributed by atoms with E-state index in [4.69, 9.17) is 11.6 Å². The first kappa shape index (κ1) is 16.6. The molecule has 2 aromatic rings. The number of para-hydroxylation sites is 2. The Bertz CT molecular complexity index is 945. The van der Waals surface area contributed by atoms with Gasteiger partial charge in [0.2, 0.25) is 11.6 Å². The summed E-state index contributed by atoms with van der Waals surface area (Å²) in [5.74, 6) is -0.936. The monoisotopic (exact) mass is 369 g/mol. The van der Waals surface area contributed by atoms with Crippen LogP contribution in [0.2, 0.25) is 5.02 Å². The maximum atomic E-state index is 13.3. The lowest BCUT2D eigenvalue weighted by atomic mass is 9.96. The molecule has 0 saturated carbocycles. The van der Waals surface area contributed by atoms with Crippen molar-refractivity contribution >= 4 is 40.7 Å². The Morgan fingerprint density at radius 3 is 2.58 bits per heavy atom. The molecule has 7 heteroatoms. The first-order chi connectivity index (χ1) is 12.5. The maximum Gasteiger partial charge on any atom is 0.271 e. The van der Waals surface area contributed by atoms with Crippen molar-refractivity contribution in [1.82, 2.24) is 4.90 Å². The molecule has 1 saturated heterocycles. The molecule has 0 bridgehead atoms. The van der Waals surface area contributed by atoms with Crippen molar-refractivity contribution < 1.29 is 14.4 Å². The van der Waals surface area contributed by atoms with E-state index in [1.165, 1.54) is 9.80 Å². The highest BCUT2D eigenvalue weighted by Crippen LogP contribution is 2.44. The summed E-state index contributed by atoms with van der Waals surface area (Å²) in [4.78, 5) is 41.6. The van der Waals surface area contributed by atoms with Crippen LogP contribution >= 0.6 is 11.6 Å². The first-order valence-corrected chi connectivity index (χ1v) is 8.61. The van der Waals surface area contributed by atoms with E-state index < -0.39 is 11.6 Å². The van der Waals surface area contributed by atoms with Gasteiger partial charge in [0.15, 0.2) is 0 Å². The number of likely N-dealkylation sites (N-methyl/N-ethyl adjacent to an activating group) is 1. The molecule has 0 radical (unpaired) electrons. The van der Waals surface area contributed by atoms with E-state index in [-0.39, 0.29) is 24.7 Å². The Labute approximate surface area is 155 Å². The minimum Gasteiger partial charge on any atom is -0.321 e. The van der Waals surface area contributed by atoms with Gasteiger partial charge < -0.3 is 10.2 Å². The van der Waals surface area contributed by atoms with Gasteiger partial charge in [-0.2, -0.15) is 0 Å². The van der Waals surface area contributed by atoms with E-state index in [0.717, 1.165) is 0 Å². The van der Waals surface area contributed by atoms with Gasteiger partial charge >= 0.3 is 0 Å². The predicted octanol–water partition coefficient (Wildman–Crippen LogP) is 2.89. The number of rotatable bonds is 2. The molecular formula is C19H16ClN3O3. The van der Waals surface area contributed by atoms with E-state index in [0.29, 0.717) is 22.0 Å². The van der Waals surface area contributed by atoms with Gasteiger partial charge in [0.1, 0.15) is 0 Å². The molecule has 1 N–H and O–H groups in total. The van der Waals surface area contributed by atoms with E-state index >= 15 is 0 Å². The third-order valence-electron chi connectivity index (χ3n) is 5.03. The first-order valence-electron chi connectivity index (χ1n) is 8.23. The largest absolute Gasteiger partial charge is 0.321 e. The van der Waals surface area contributed by atoms with Gasteiger partial charge in [-0.25, -0.2) is 0 Å². The summed E-state index contributed by atoms with van der Waals surface area (Å²) in [5, 5.41) is 3.17. The fourth-order valence-electron chi connectivity index (χ4n) is 3.71. The average molecular weight is 370 g/mol. The van der Waals surface area contributed by atoms with Crippen LogP contribution in [0.1, 0.15) is 23.2 Å². The lowest BCUT2D eigenvalue weighted by Crippen LogP contribution is -2.68. The molecule has 6 nitrogen and oxygen atoms in total. The van der Waals surface area contributed by atoms with Gasteiger partial charge in [-0.15, -0.1) is 0 Å². The van der Waals surface area contributed by atoms with Crippen molar-refractivity contribution in [2.24, 2.45) is 0 Å². The number of hydrogen-bond acceptors (Lipinski definition) is 3. The number of nitrogens with one attached hydrogen (secondary N) is 1. The second-order valence-electron chi connectivity index (χ2n) is 6.36. The van der Waals surface area contributed by atoms with Crippen molar-refractivity contribution in [3.05, 3.63) is 59.1 Å². The molecule has 2 aliphatic heterocycles. The van der Waals surface area contributed by atoms with Gasteiger partial charge in [0.05, 0.1) is 22.0 Å². The van der Waals surface area contributed by atoms with E-state index in [2.05, 4.69) is 5.32 Å². The summed E-state index contributed by atoms with van der Waals surface area (Å²) in [6.45, 7) is 0. The predicted molar refractivity (Wildman–Crippen MR) is 98.1 cm³/mol. The van der Waals surface area contributed by atoms with Crippen LogP contribution in [0, 0.1) is 0 Å². The molecule has 2 heterocycles. The number of fused-ring (bicyclic) bond motifs is 3. The van der Waals surface area contributed by atoms with Crippen LogP contribution in [-0.2, 0) is 9.59 Å². The van der Waals surface area contributed by atoms with Crippen molar-refractivity contribution in [2.45, 2.75) is 18.5 Å². The molecule has 4 rings (SSSR count). The third kappa shape index (κ3) is 2.15. The van der Waals surface area contributed by atoms with Crippen molar-refractivity contribution in [3.8, 4) is 0 Å². The van der Waals surface area contributed by atoms with Crippen LogP contribution in [0.25, 0.3) is 0 Å². The lowest BCUT2D eigenvalue weighted by molar-refractivity contribution is -0.128. The van der Waals surface area contributed by atoms with E-state index in [1.807, 2.05) is 0 Å². The van der Waals surface area contributed by atoms with Crippen molar-refractivity contribution in [2.75, 3.05) is 17.3 Å². The van der Waals surface area contributed by atoms with Gasteiger partial charge in [0, 0.05) is 19.9 Å². The fourth-order valence-corrected chi connectivity index (χ4v) is 3.90. The fraction of sp³-hybridized carbons (Fsp3) is 0.211. The highest BCUT2D eigenvalue weighted by molar-refractivity contribution is 6.34. The number of hydrogen-bond donors (Lipinski definition) is 1. The van der Waals surface area contributed by atoms with Crippen LogP contribution in [0.15, 0.2) is 48.5 Å². The minimum absolute atomic E-state index is 0.182. The van der Waals surface area contributed by atoms with Gasteiger partial charge in [-0.05, 0) is 24.3 Å². The summed E-state index contributed by atoms with van der Waals surface area (Å²) in [6.07, 6.45) is 0.403. The van der Waals surface area contributed by atoms with Crippen molar-refractivity contribution in [3.63, 3.8) is 0 Å². The van der Waals surface area contributed by atoms with E-state index in [9.17, 15) is 14.4 Å². The zero-order valence-electron chi connectivity index (χ0n) is 14.0. The smallest absolute Gasteiger partial charge is 0.271 e. The van der Waals surface area contributed by atoms with Crippen LogP contribution in [0.4, 0.5) is 11.4 Å². The molecule has 1 atom stereocenters. The number of carbonyl (C=O) groups excluding carboxylic acids is 3. The summed E-state index contributed by atoms with van der Waals surface area (Å²) in [6, 6.07) is 13.7. The Kier molecular flexibility index (Phi) is 3.73. The number of benzene rings is 2. The molecular weight excluding hydrogens is 354 g/mol. The number of carbonyl (C=O) groups is 3. The number of nitrogens with zero attached hydrogens (tertiary/aromatic N) is 2. The SMILES string of the molecule is CN1C(=O)c2ccccc2N2C(=O)CCC12C(=O)Nc1ccccc1Cl. The molecule has 1 unspecified atom stereocenters. The number of anilines is 2. The summed E-state index contributed by atoms with van der Waals surface area (Å²) >= 11 is 6.15. The molecule has 0 aromatic heterocycles. The third-order valence-corrected chi connectivity index (χ3v) is 5.36. The van der Waals surface area contributed by atoms with Crippen molar-refractivity contribution in [1.29, 1.82) is 0 Å². The number of halogens is 1. The van der Waals surface area contributed by atoms with Crippen LogP contribution in [-0.4, -0.2) is 35.3 Å². The Hall–Kier alpha value is -2.86. The van der Waals surface area contributed by atoms with Crippen LogP contribution in [0.5, 0.6) is 0 Å². The van der Waals surface area contributed by atoms with Gasteiger partial charge in [-0.3, -0.25) is 19.3 Å². The molecule has 26 heavy (non-hydrogen) atoms. The second kappa shape index (κ2) is 5.85. The zero-order valence-corrected chi connectivity index (χ0v) is 14.8. The average Bonchev–Trinajstić information content (AvgIpc) is 3.00. The lowest BCUT2D eigenvalue weighted by Gasteiger charge is -2.47. The van der Waals surface area contributed by atoms with Crippen LogP contribution in [0.3, 0.4) is 0 Å². The Morgan fingerprint density at radius 1 is 1.12 bits per heavy atom. The van der Waals surface area contributed by atoms with Gasteiger partial charge in [0.25, 0.3) is 11.8 Å². The summed E-state index contributed by atoms with van der Waals surface area (Å²) in [7, 11) is 1.55. The quantitative estimate of drug-likeness (QED) is 0.884. The molecule has 2 aromatic carbocycles. The molecule has 3 amide bonds. The number of amides is 3. The topological polar surface area (TPSA) is 69.7 Å². The van der Waals surface area contributed by atoms with Crippen LogP contribution < -0.4 is 10.2 Å². The Balaban J connectivity index is 1.83. The van der Waals surface area contributed by atoms with E-state index in [1.54, 1.807) is 55.6 Å². The highest BCUT2D eigenvalue weighted by Gasteiger charge is 2.59. The highest BCUT2D eigenvalue weighted by atomic mass is 35.5. The van der Waals surface area contributed by atoms with Gasteiger partial charge in [-0.1, -0.05) is 35.9 Å². The normalized spacial score (nSPS) is 21.5. The maximum absolute atomic E-state index is 13.3. The summed E-state index contributed by atoms with van der Waals surface area (Å²) in [5.41, 5.74) is -0.0896. The minimum atomic E-state index is -1.40. The molecule has 2 aliphatic rings. The molecule has 132 valence electrons. The molecule has 0 spiro atoms. The summed E-state index contributed by atoms with van der Waals surface area (Å²) < 4.78 is 0. The zero-order chi connectivity index (χ0) is 18.5. The second-order valence-corrected chi connectivity index (χ2v) is 6.77. The molecule has 1 fully saturated rings. The molecule has 0 aliphatic carbocycles.